The van der Waals surface area contributed by atoms with Gasteiger partial charge in [-0.15, -0.1) is 11.8 Å². The molecule has 2 fully saturated rings. The van der Waals surface area contributed by atoms with Gasteiger partial charge in [0.15, 0.2) is 0 Å². The number of methoxy groups -OCH3 is 1. The van der Waals surface area contributed by atoms with Gasteiger partial charge in [-0.25, -0.2) is 4.79 Å². The Bertz CT molecular complexity index is 953. The number of nitrogens with zero attached hydrogens (tertiary/aromatic N) is 2. The van der Waals surface area contributed by atoms with Crippen LogP contribution in [0.25, 0.3) is 0 Å². The normalized spacial score (nSPS) is 18.0. The second kappa shape index (κ2) is 8.83. The van der Waals surface area contributed by atoms with Gasteiger partial charge in [0.05, 0.1) is 17.7 Å². The maximum atomic E-state index is 12.8. The number of carbonyl (C=O) groups is 2. The van der Waals surface area contributed by atoms with Crippen LogP contribution in [0, 0.1) is 0 Å². The maximum absolute atomic E-state index is 12.8. The highest BCUT2D eigenvalue weighted by Crippen LogP contribution is 2.47. The number of hydrogen-bond donors (Lipinski definition) is 1. The molecule has 2 aromatic rings. The summed E-state index contributed by atoms with van der Waals surface area (Å²) >= 11 is 1.69. The predicted molar refractivity (Wildman–Crippen MR) is 126 cm³/mol. The van der Waals surface area contributed by atoms with Gasteiger partial charge in [0.1, 0.15) is 5.75 Å². The van der Waals surface area contributed by atoms with Crippen molar-refractivity contribution >= 4 is 35.1 Å². The second-order valence-corrected chi connectivity index (χ2v) is 9.70. The monoisotopic (exact) mass is 439 g/mol. The molecule has 0 bridgehead atoms. The van der Waals surface area contributed by atoms with E-state index in [-0.39, 0.29) is 16.8 Å². The molecule has 0 aromatic heterocycles. The highest BCUT2D eigenvalue weighted by Gasteiger charge is 2.49. The van der Waals surface area contributed by atoms with Crippen LogP contribution in [0.2, 0.25) is 0 Å². The molecule has 2 aliphatic heterocycles. The average molecular weight is 440 g/mol. The Balaban J connectivity index is 1.42. The van der Waals surface area contributed by atoms with Crippen molar-refractivity contribution in [2.45, 2.75) is 37.5 Å². The predicted octanol–water partition coefficient (Wildman–Crippen LogP) is 4.92. The van der Waals surface area contributed by atoms with Crippen LogP contribution < -0.4 is 15.0 Å². The Morgan fingerprint density at radius 2 is 1.84 bits per heavy atom. The van der Waals surface area contributed by atoms with Crippen LogP contribution in [0.1, 0.15) is 38.2 Å². The van der Waals surface area contributed by atoms with Crippen LogP contribution in [0.15, 0.2) is 48.5 Å². The van der Waals surface area contributed by atoms with E-state index in [9.17, 15) is 9.59 Å². The summed E-state index contributed by atoms with van der Waals surface area (Å²) in [4.78, 5) is 29.0. The van der Waals surface area contributed by atoms with E-state index in [1.54, 1.807) is 18.9 Å². The number of rotatable bonds is 4. The lowest BCUT2D eigenvalue weighted by molar-refractivity contribution is -0.116. The van der Waals surface area contributed by atoms with E-state index < -0.39 is 0 Å². The van der Waals surface area contributed by atoms with Gasteiger partial charge in [-0.05, 0) is 48.6 Å². The highest BCUT2D eigenvalue weighted by molar-refractivity contribution is 8.02. The summed E-state index contributed by atoms with van der Waals surface area (Å²) in [6.07, 6.45) is 1.47. The van der Waals surface area contributed by atoms with Crippen molar-refractivity contribution < 1.29 is 14.3 Å². The Kier molecular flexibility index (Phi) is 6.14. The maximum Gasteiger partial charge on any atom is 0.321 e. The third-order valence-corrected chi connectivity index (χ3v) is 7.61. The number of thioether (sulfide) groups is 1. The minimum absolute atomic E-state index is 0.0885. The van der Waals surface area contributed by atoms with Crippen LogP contribution >= 0.6 is 11.8 Å². The molecule has 31 heavy (non-hydrogen) atoms. The average Bonchev–Trinajstić information content (AvgIpc) is 3.10. The van der Waals surface area contributed by atoms with Gasteiger partial charge in [-0.3, -0.25) is 9.69 Å². The van der Waals surface area contributed by atoms with Crippen molar-refractivity contribution in [1.82, 2.24) is 4.90 Å². The molecule has 0 atom stereocenters. The molecule has 4 rings (SSSR count). The molecule has 2 aliphatic rings. The molecule has 2 heterocycles. The first-order valence-corrected chi connectivity index (χ1v) is 11.7. The lowest BCUT2D eigenvalue weighted by atomic mass is 10.0. The zero-order chi connectivity index (χ0) is 22.0. The van der Waals surface area contributed by atoms with Gasteiger partial charge in [-0.1, -0.05) is 32.0 Å². The number of carbonyl (C=O) groups excluding carboxylic acids is 2. The molecule has 0 radical (unpaired) electrons. The number of benzene rings is 2. The largest absolute Gasteiger partial charge is 0.497 e. The van der Waals surface area contributed by atoms with Crippen LogP contribution in [-0.2, 0) is 4.79 Å². The van der Waals surface area contributed by atoms with Gasteiger partial charge in [0.2, 0.25) is 5.91 Å². The molecule has 6 nitrogen and oxygen atoms in total. The zero-order valence-electron chi connectivity index (χ0n) is 18.3. The van der Waals surface area contributed by atoms with E-state index >= 15 is 0 Å². The first-order chi connectivity index (χ1) is 14.9. The number of likely N-dealkylation sites (tertiary alicyclic amines) is 1. The van der Waals surface area contributed by atoms with Crippen LogP contribution in [-0.4, -0.2) is 47.7 Å². The van der Waals surface area contributed by atoms with E-state index in [4.69, 9.17) is 4.74 Å². The summed E-state index contributed by atoms with van der Waals surface area (Å²) in [6.45, 7) is 5.52. The molecule has 2 aromatic carbocycles. The Labute approximate surface area is 187 Å². The smallest absolute Gasteiger partial charge is 0.321 e. The molecular formula is C24H29N3O3S. The van der Waals surface area contributed by atoms with Gasteiger partial charge < -0.3 is 15.0 Å². The number of hydrogen-bond acceptors (Lipinski definition) is 4. The Morgan fingerprint density at radius 1 is 1.13 bits per heavy atom. The molecule has 2 saturated heterocycles. The van der Waals surface area contributed by atoms with Gasteiger partial charge in [-0.2, -0.15) is 0 Å². The number of anilines is 2. The highest BCUT2D eigenvalue weighted by atomic mass is 32.2. The topological polar surface area (TPSA) is 61.9 Å². The fourth-order valence-electron chi connectivity index (χ4n) is 4.26. The van der Waals surface area contributed by atoms with Crippen LogP contribution in [0.4, 0.5) is 16.2 Å². The van der Waals surface area contributed by atoms with Crippen molar-refractivity contribution in [3.05, 3.63) is 54.1 Å². The minimum atomic E-state index is -0.306. The molecule has 3 amide bonds. The van der Waals surface area contributed by atoms with Crippen molar-refractivity contribution in [3.63, 3.8) is 0 Å². The van der Waals surface area contributed by atoms with E-state index in [0.29, 0.717) is 24.8 Å². The number of urea groups is 1. The first kappa shape index (κ1) is 21.6. The van der Waals surface area contributed by atoms with E-state index in [1.807, 2.05) is 46.2 Å². The minimum Gasteiger partial charge on any atom is -0.497 e. The first-order valence-electron chi connectivity index (χ1n) is 10.7. The van der Waals surface area contributed by atoms with Crippen LogP contribution in [0.3, 0.4) is 0 Å². The molecule has 7 heteroatoms. The molecular weight excluding hydrogens is 410 g/mol. The SMILES string of the molecule is COc1cccc(N2C(=O)CSC23CCN(C(=O)Nc2ccc(C(C)C)cc2)CC3)c1. The van der Waals surface area contributed by atoms with Crippen molar-refractivity contribution in [2.75, 3.05) is 36.2 Å². The third kappa shape index (κ3) is 4.37. The second-order valence-electron chi connectivity index (χ2n) is 8.36. The van der Waals surface area contributed by atoms with E-state index in [2.05, 4.69) is 31.3 Å². The zero-order valence-corrected chi connectivity index (χ0v) is 19.1. The number of amides is 3. The van der Waals surface area contributed by atoms with Gasteiger partial charge in [0, 0.05) is 30.5 Å². The summed E-state index contributed by atoms with van der Waals surface area (Å²) in [6, 6.07) is 15.6. The van der Waals surface area contributed by atoms with Crippen molar-refractivity contribution in [3.8, 4) is 5.75 Å². The fourth-order valence-corrected chi connectivity index (χ4v) is 5.59. The molecule has 0 aliphatic carbocycles. The lowest BCUT2D eigenvalue weighted by Crippen LogP contribution is -2.53. The standard InChI is InChI=1S/C24H29N3O3S/c1-17(2)18-7-9-19(10-8-18)25-23(29)26-13-11-24(12-14-26)27(22(28)16-31-24)20-5-4-6-21(15-20)30-3/h4-10,15,17H,11-14,16H2,1-3H3,(H,25,29). The van der Waals surface area contributed by atoms with Gasteiger partial charge in [0.25, 0.3) is 0 Å². The van der Waals surface area contributed by atoms with E-state index in [1.165, 1.54) is 5.56 Å². The summed E-state index contributed by atoms with van der Waals surface area (Å²) < 4.78 is 5.34. The summed E-state index contributed by atoms with van der Waals surface area (Å²) in [5, 5.41) is 3.01. The molecule has 0 unspecified atom stereocenters. The Hall–Kier alpha value is -2.67. The summed E-state index contributed by atoms with van der Waals surface area (Å²) in [5.74, 6) is 1.77. The third-order valence-electron chi connectivity index (χ3n) is 6.09. The van der Waals surface area contributed by atoms with E-state index in [0.717, 1.165) is 30.0 Å². The molecule has 0 saturated carbocycles. The Morgan fingerprint density at radius 3 is 2.48 bits per heavy atom. The quantitative estimate of drug-likeness (QED) is 0.734. The van der Waals surface area contributed by atoms with Crippen LogP contribution in [0.5, 0.6) is 5.75 Å². The number of nitrogens with one attached hydrogen (secondary N) is 1. The lowest BCUT2D eigenvalue weighted by Gasteiger charge is -2.43. The molecule has 1 N–H and O–H groups in total. The summed E-state index contributed by atoms with van der Waals surface area (Å²) in [5.41, 5.74) is 2.91. The van der Waals surface area contributed by atoms with Crippen molar-refractivity contribution in [1.29, 1.82) is 0 Å². The van der Waals surface area contributed by atoms with Crippen molar-refractivity contribution in [2.24, 2.45) is 0 Å². The number of piperidine rings is 1. The molecule has 1 spiro atoms. The summed E-state index contributed by atoms with van der Waals surface area (Å²) in [7, 11) is 1.63. The molecule has 164 valence electrons. The fraction of sp³-hybridized carbons (Fsp3) is 0.417. The number of ether oxygens (including phenoxy) is 1. The van der Waals surface area contributed by atoms with Gasteiger partial charge >= 0.3 is 6.03 Å².